The molecule has 474 valence electrons. The summed E-state index contributed by atoms with van der Waals surface area (Å²) < 4.78 is 95.6. The average Bonchev–Trinajstić information content (AvgIpc) is 3.47. The van der Waals surface area contributed by atoms with Crippen LogP contribution in [0, 0.1) is 53.3 Å². The molecular formula is C63H88Br3F5O13. The van der Waals surface area contributed by atoms with Crippen LogP contribution in [0.2, 0.25) is 0 Å². The van der Waals surface area contributed by atoms with Crippen LogP contribution < -0.4 is 18.9 Å². The van der Waals surface area contributed by atoms with Crippen molar-refractivity contribution < 1.29 is 85.5 Å². The molecule has 0 unspecified atom stereocenters. The van der Waals surface area contributed by atoms with Crippen molar-refractivity contribution in [3.8, 4) is 52.9 Å². The number of aromatic hydroxyl groups is 1. The third kappa shape index (κ3) is 41.2. The van der Waals surface area contributed by atoms with E-state index in [9.17, 15) is 31.5 Å². The quantitative estimate of drug-likeness (QED) is 0.0357. The summed E-state index contributed by atoms with van der Waals surface area (Å²) in [6, 6.07) is 20.7. The number of aryl methyl sites for hydroxylation is 1. The molecule has 0 aliphatic heterocycles. The summed E-state index contributed by atoms with van der Waals surface area (Å²) in [5.41, 5.74) is 1.65. The molecule has 5 atom stereocenters. The normalized spacial score (nSPS) is 11.0. The van der Waals surface area contributed by atoms with E-state index in [4.69, 9.17) is 50.9 Å². The summed E-state index contributed by atoms with van der Waals surface area (Å²) in [7, 11) is 2.50. The van der Waals surface area contributed by atoms with E-state index in [0.29, 0.717) is 36.2 Å². The second kappa shape index (κ2) is 52.6. The molecule has 21 heteroatoms. The van der Waals surface area contributed by atoms with Crippen molar-refractivity contribution in [3.63, 3.8) is 0 Å². The molecule has 0 bridgehead atoms. The fourth-order valence-electron chi connectivity index (χ4n) is 5.05. The largest absolute Gasteiger partial charge is 0.507 e. The predicted octanol–water partition coefficient (Wildman–Crippen LogP) is 15.6. The Bertz CT molecular complexity index is 2670. The lowest BCUT2D eigenvalue weighted by Gasteiger charge is -2.15. The number of unbranched alkanes of at least 4 members (excludes halogenated alkanes) is 1. The number of esters is 2. The molecule has 0 aromatic heterocycles. The maximum Gasteiger partial charge on any atom is 0.346 e. The number of phenolic OH excluding ortho intramolecular Hbond substituents is 1. The summed E-state index contributed by atoms with van der Waals surface area (Å²) in [6.07, 6.45) is 6.60. The molecular weight excluding hydrogens is 1300 g/mol. The van der Waals surface area contributed by atoms with Gasteiger partial charge < -0.3 is 54.0 Å². The Kier molecular flexibility index (Phi) is 55.9. The Balaban J connectivity index is -0.000000216. The topological polar surface area (TPSA) is 191 Å². The number of carbonyl (C=O) groups excluding carboxylic acids is 2. The number of carbonyl (C=O) groups is 2. The number of halogens is 8. The number of methoxy groups -OCH3 is 2. The van der Waals surface area contributed by atoms with E-state index in [1.54, 1.807) is 39.0 Å². The van der Waals surface area contributed by atoms with E-state index in [1.807, 2.05) is 13.8 Å². The smallest absolute Gasteiger partial charge is 0.346 e. The van der Waals surface area contributed by atoms with Crippen molar-refractivity contribution in [2.24, 2.45) is 0 Å². The number of ether oxygens (including phenoxy) is 6. The van der Waals surface area contributed by atoms with Crippen molar-refractivity contribution in [3.05, 3.63) is 145 Å². The highest BCUT2D eigenvalue weighted by Crippen LogP contribution is 2.28. The van der Waals surface area contributed by atoms with Gasteiger partial charge in [-0.2, -0.15) is 0 Å². The molecule has 0 amide bonds. The lowest BCUT2D eigenvalue weighted by molar-refractivity contribution is -0.149. The van der Waals surface area contributed by atoms with E-state index in [2.05, 4.69) is 81.9 Å². The summed E-state index contributed by atoms with van der Waals surface area (Å²) in [5, 5.41) is 43.7. The molecule has 5 aromatic carbocycles. The molecule has 0 fully saturated rings. The minimum Gasteiger partial charge on any atom is -0.507 e. The Labute approximate surface area is 521 Å². The lowest BCUT2D eigenvalue weighted by Crippen LogP contribution is -2.25. The molecule has 0 spiro atoms. The van der Waals surface area contributed by atoms with Crippen LogP contribution in [0.5, 0.6) is 28.7 Å². The number of aliphatic hydroxyl groups is 4. The fraction of sp³-hybridized carbons (Fsp3) is 0.429. The zero-order valence-corrected chi connectivity index (χ0v) is 51.1. The number of terminal acetylenes is 1. The molecule has 0 radical (unpaired) electrons. The highest BCUT2D eigenvalue weighted by Gasteiger charge is 2.17. The van der Waals surface area contributed by atoms with Gasteiger partial charge in [0.15, 0.2) is 6.10 Å². The first-order valence-electron chi connectivity index (χ1n) is 24.7. The highest BCUT2D eigenvalue weighted by atomic mass is 79.9. The average molecular weight is 1390 g/mol. The number of aliphatic hydroxyl groups excluding tert-OH is 4. The second-order valence-corrected chi connectivity index (χ2v) is 18.8. The first-order chi connectivity index (χ1) is 37.8. The van der Waals surface area contributed by atoms with E-state index in [-0.39, 0.29) is 96.8 Å². The van der Waals surface area contributed by atoms with Crippen LogP contribution in [0.15, 0.2) is 104 Å². The van der Waals surface area contributed by atoms with Crippen LogP contribution in [0.25, 0.3) is 0 Å². The molecule has 0 saturated carbocycles. The molecule has 84 heavy (non-hydrogen) atoms. The third-order valence-electron chi connectivity index (χ3n) is 9.21. The monoisotopic (exact) mass is 1380 g/mol. The van der Waals surface area contributed by atoms with E-state index >= 15 is 0 Å². The third-order valence-corrected chi connectivity index (χ3v) is 11.2. The van der Waals surface area contributed by atoms with Crippen molar-refractivity contribution in [1.29, 1.82) is 0 Å². The predicted molar refractivity (Wildman–Crippen MR) is 336 cm³/mol. The Morgan fingerprint density at radius 3 is 1.29 bits per heavy atom. The van der Waals surface area contributed by atoms with Crippen LogP contribution in [-0.2, 0) is 25.5 Å². The van der Waals surface area contributed by atoms with Gasteiger partial charge in [0.25, 0.3) is 0 Å². The minimum atomic E-state index is -0.995. The van der Waals surface area contributed by atoms with Gasteiger partial charge in [-0.3, -0.25) is 0 Å². The highest BCUT2D eigenvalue weighted by molar-refractivity contribution is 9.11. The Morgan fingerprint density at radius 2 is 0.917 bits per heavy atom. The molecule has 5 N–H and O–H groups in total. The van der Waals surface area contributed by atoms with Gasteiger partial charge in [0.05, 0.1) is 53.0 Å². The van der Waals surface area contributed by atoms with E-state index < -0.39 is 35.8 Å². The van der Waals surface area contributed by atoms with Crippen molar-refractivity contribution in [1.82, 2.24) is 0 Å². The summed E-state index contributed by atoms with van der Waals surface area (Å²) in [5.74, 6) is 6.76. The van der Waals surface area contributed by atoms with Gasteiger partial charge in [0.2, 0.25) is 0 Å². The van der Waals surface area contributed by atoms with Gasteiger partial charge in [-0.05, 0) is 155 Å². The second-order valence-electron chi connectivity index (χ2n) is 16.3. The molecule has 5 aromatic rings. The summed E-state index contributed by atoms with van der Waals surface area (Å²) in [4.78, 5) is 21.1. The Hall–Kier alpha value is -5.91. The van der Waals surface area contributed by atoms with Crippen molar-refractivity contribution in [2.75, 3.05) is 34.0 Å². The first kappa shape index (κ1) is 89.3. The van der Waals surface area contributed by atoms with Crippen LogP contribution in [0.4, 0.5) is 22.0 Å². The number of hydrogen-bond acceptors (Lipinski definition) is 13. The van der Waals surface area contributed by atoms with Gasteiger partial charge in [0, 0.05) is 43.2 Å². The number of hydrogen-bond donors (Lipinski definition) is 5. The van der Waals surface area contributed by atoms with Crippen LogP contribution in [0.1, 0.15) is 122 Å². The summed E-state index contributed by atoms with van der Waals surface area (Å²) >= 11 is 9.41. The van der Waals surface area contributed by atoms with Crippen LogP contribution in [-0.4, -0.2) is 102 Å². The molecule has 0 aliphatic carbocycles. The van der Waals surface area contributed by atoms with Crippen molar-refractivity contribution in [2.45, 2.75) is 148 Å². The molecule has 0 heterocycles. The molecule has 0 aliphatic rings. The summed E-state index contributed by atoms with van der Waals surface area (Å²) in [6.45, 7) is 13.8. The van der Waals surface area contributed by atoms with Crippen LogP contribution >= 0.6 is 47.8 Å². The fourth-order valence-corrected chi connectivity index (χ4v) is 5.98. The number of phenols is 1. The van der Waals surface area contributed by atoms with E-state index in [1.165, 1.54) is 94.8 Å². The Morgan fingerprint density at radius 1 is 0.548 bits per heavy atom. The van der Waals surface area contributed by atoms with Crippen LogP contribution in [0.3, 0.4) is 0 Å². The lowest BCUT2D eigenvalue weighted by atomic mass is 10.1. The van der Waals surface area contributed by atoms with Gasteiger partial charge in [-0.25, -0.2) is 31.5 Å². The van der Waals surface area contributed by atoms with Crippen molar-refractivity contribution >= 4 is 59.7 Å². The molecule has 5 rings (SSSR count). The number of benzene rings is 5. The maximum absolute atomic E-state index is 13.1. The zero-order valence-electron chi connectivity index (χ0n) is 46.3. The van der Waals surface area contributed by atoms with E-state index in [0.717, 1.165) is 43.7 Å². The first-order valence-corrected chi connectivity index (χ1v) is 27.1. The maximum atomic E-state index is 13.1. The molecule has 13 nitrogen and oxygen atoms in total. The van der Waals surface area contributed by atoms with Gasteiger partial charge in [-0.1, -0.05) is 74.8 Å². The van der Waals surface area contributed by atoms with Gasteiger partial charge in [-0.15, -0.1) is 12.3 Å². The number of rotatable bonds is 16. The van der Waals surface area contributed by atoms with Gasteiger partial charge >= 0.3 is 11.9 Å². The van der Waals surface area contributed by atoms with Gasteiger partial charge in [0.1, 0.15) is 82.2 Å². The molecule has 0 saturated heterocycles. The zero-order chi connectivity index (χ0) is 61.3. The minimum absolute atomic E-state index is 0. The SMILES string of the molecule is C.C.C.C.C#CCC.CCC#Cc1ccc(F)cc1O[C@H](C)CO.CCCCc1ccc(F)cc1O[C@H](C)CO.COC(=O)[C@@H](C)Oc1cc(F)ccc1Br.COC(=O)[C@H](C)O.C[C@H](CO)Oc1cc(F)ccc1Br.Oc1cc(F)ccc1Br. The standard InChI is InChI=1S/C13H19FO2.C13H15FO2.C10H10BrFO3.C9H10BrFO2.C6H4BrFO.C4H8O3.C4H6.4CH4/c2*1-3-4-5-11-6-7-12(14)8-13(11)16-10(2)9-15;1-6(10(13)14-2)15-9-5-7(12)3-4-8(9)11;1-6(5-12)13-9-4-7(11)2-3-8(9)10;7-5-2-1-4(8)3-6(5)9;1-3(5)4(6)7-2;1-3-4-2;;;;/h6-8,10,15H,3-5,9H2,1-2H3;6-8,10,15H,3,9H2,1-2H3;3-6H,1-2H3;2-4,6,12H,5H2,1H3;1-3,9H;3,5H,1-2H3;1H,4H2,2H3;4*1H4/t2*10-;2*6-;;3-;;;;;/m1111.0...../s1.